The SMILES string of the molecule is CCS(=O)(=O)Nc1ccccc1-c1ccc2cnc(Nc3ccc(N4CCCC(C(=O)N5CCN(C)CC5)C4)cc3OC)nn12. The smallest absolute Gasteiger partial charge is 0.245 e. The summed E-state index contributed by atoms with van der Waals surface area (Å²) in [5, 5.41) is 8.02. The summed E-state index contributed by atoms with van der Waals surface area (Å²) in [6.07, 6.45) is 3.58. The van der Waals surface area contributed by atoms with Gasteiger partial charge in [0.2, 0.25) is 21.9 Å². The average Bonchev–Trinajstić information content (AvgIpc) is 3.48. The van der Waals surface area contributed by atoms with Crippen LogP contribution in [0.1, 0.15) is 19.8 Å². The molecule has 2 saturated heterocycles. The summed E-state index contributed by atoms with van der Waals surface area (Å²) in [6, 6.07) is 17.0. The Morgan fingerprint density at radius 3 is 2.60 bits per heavy atom. The lowest BCUT2D eigenvalue weighted by Gasteiger charge is -2.39. The normalized spacial score (nSPS) is 17.8. The van der Waals surface area contributed by atoms with E-state index in [2.05, 4.69) is 31.9 Å². The number of carbonyl (C=O) groups is 1. The van der Waals surface area contributed by atoms with Gasteiger partial charge in [0.15, 0.2) is 0 Å². The zero-order valence-corrected chi connectivity index (χ0v) is 26.8. The molecule has 0 saturated carbocycles. The second-order valence-corrected chi connectivity index (χ2v) is 13.6. The van der Waals surface area contributed by atoms with E-state index in [1.54, 1.807) is 36.9 Å². The van der Waals surface area contributed by atoms with Crippen LogP contribution < -0.4 is 19.7 Å². The maximum atomic E-state index is 13.3. The fourth-order valence-corrected chi connectivity index (χ4v) is 6.65. The van der Waals surface area contributed by atoms with Gasteiger partial charge in [-0.3, -0.25) is 9.52 Å². The number of methoxy groups -OCH3 is 1. The maximum absolute atomic E-state index is 13.3. The number of sulfonamides is 1. The van der Waals surface area contributed by atoms with Gasteiger partial charge in [-0.15, -0.1) is 5.10 Å². The van der Waals surface area contributed by atoms with E-state index < -0.39 is 10.0 Å². The number of fused-ring (bicyclic) bond motifs is 1. The summed E-state index contributed by atoms with van der Waals surface area (Å²) in [5.74, 6) is 1.22. The van der Waals surface area contributed by atoms with Crippen LogP contribution in [0.2, 0.25) is 0 Å². The maximum Gasteiger partial charge on any atom is 0.245 e. The number of likely N-dealkylation sites (N-methyl/N-ethyl adjacent to an activating group) is 1. The first-order valence-corrected chi connectivity index (χ1v) is 17.0. The monoisotopic (exact) mass is 632 g/mol. The predicted octanol–water partition coefficient (Wildman–Crippen LogP) is 3.90. The van der Waals surface area contributed by atoms with Gasteiger partial charge < -0.3 is 24.8 Å². The third kappa shape index (κ3) is 6.69. The van der Waals surface area contributed by atoms with E-state index >= 15 is 0 Å². The standard InChI is InChI=1S/C32H40N8O4S/c1-4-45(42,43)36-27-10-6-5-9-26(27)29-14-12-25-21-33-32(35-40(25)29)34-28-13-11-24(20-30(28)44-3)39-15-7-8-23(22-39)31(41)38-18-16-37(2)17-19-38/h5-6,9-14,20-21,23,36H,4,7-8,15-19,22H2,1-3H3,(H,34,35). The number of rotatable bonds is 9. The molecule has 2 aromatic carbocycles. The molecule has 1 amide bonds. The van der Waals surface area contributed by atoms with Gasteiger partial charge in [-0.2, -0.15) is 0 Å². The molecule has 0 bridgehead atoms. The molecule has 13 heteroatoms. The van der Waals surface area contributed by atoms with Crippen LogP contribution >= 0.6 is 0 Å². The zero-order valence-electron chi connectivity index (χ0n) is 25.9. The highest BCUT2D eigenvalue weighted by molar-refractivity contribution is 7.92. The quantitative estimate of drug-likeness (QED) is 0.283. The van der Waals surface area contributed by atoms with Crippen LogP contribution in [0.5, 0.6) is 5.75 Å². The van der Waals surface area contributed by atoms with Crippen LogP contribution in [0.3, 0.4) is 0 Å². The Morgan fingerprint density at radius 1 is 1.02 bits per heavy atom. The summed E-state index contributed by atoms with van der Waals surface area (Å²) >= 11 is 0. The van der Waals surface area contributed by atoms with Gasteiger partial charge in [0.05, 0.1) is 47.6 Å². The molecule has 12 nitrogen and oxygen atoms in total. The molecule has 45 heavy (non-hydrogen) atoms. The van der Waals surface area contributed by atoms with Gasteiger partial charge in [-0.25, -0.2) is 17.9 Å². The van der Waals surface area contributed by atoms with Crippen LogP contribution in [-0.4, -0.2) is 97.9 Å². The van der Waals surface area contributed by atoms with Crippen LogP contribution in [0, 0.1) is 5.92 Å². The second kappa shape index (κ2) is 12.9. The third-order valence-electron chi connectivity index (χ3n) is 8.63. The van der Waals surface area contributed by atoms with E-state index in [0.29, 0.717) is 35.2 Å². The van der Waals surface area contributed by atoms with Crippen molar-refractivity contribution in [2.24, 2.45) is 5.92 Å². The summed E-state index contributed by atoms with van der Waals surface area (Å²) < 4.78 is 34.8. The van der Waals surface area contributed by atoms with Gasteiger partial charge in [0.1, 0.15) is 5.75 Å². The number of ether oxygens (including phenoxy) is 1. The number of hydrogen-bond acceptors (Lipinski definition) is 9. The molecule has 0 aliphatic carbocycles. The molecule has 2 aliphatic heterocycles. The molecule has 0 spiro atoms. The molecule has 4 heterocycles. The molecule has 0 radical (unpaired) electrons. The molecule has 6 rings (SSSR count). The first-order valence-electron chi connectivity index (χ1n) is 15.4. The van der Waals surface area contributed by atoms with Crippen molar-refractivity contribution in [3.05, 3.63) is 60.8 Å². The van der Waals surface area contributed by atoms with Gasteiger partial charge in [-0.05, 0) is 57.1 Å². The minimum absolute atomic E-state index is 0.00995. The number of nitrogens with one attached hydrogen (secondary N) is 2. The summed E-state index contributed by atoms with van der Waals surface area (Å²) in [6.45, 7) is 6.60. The fourth-order valence-electron chi connectivity index (χ4n) is 6.00. The summed E-state index contributed by atoms with van der Waals surface area (Å²) in [5.41, 5.74) is 4.37. The second-order valence-electron chi connectivity index (χ2n) is 11.6. The van der Waals surface area contributed by atoms with Gasteiger partial charge in [-0.1, -0.05) is 18.2 Å². The Morgan fingerprint density at radius 2 is 1.82 bits per heavy atom. The van der Waals surface area contributed by atoms with E-state index in [1.165, 1.54) is 0 Å². The number of nitrogens with zero attached hydrogens (tertiary/aromatic N) is 6. The lowest BCUT2D eigenvalue weighted by atomic mass is 9.95. The van der Waals surface area contributed by atoms with Crippen molar-refractivity contribution < 1.29 is 17.9 Å². The molecule has 238 valence electrons. The van der Waals surface area contributed by atoms with Crippen molar-refractivity contribution in [1.82, 2.24) is 24.4 Å². The lowest BCUT2D eigenvalue weighted by Crippen LogP contribution is -2.51. The zero-order chi connectivity index (χ0) is 31.6. The number of piperidine rings is 1. The number of aromatic nitrogens is 3. The first-order chi connectivity index (χ1) is 21.7. The first kappa shape index (κ1) is 30.7. The molecule has 4 aromatic rings. The van der Waals surface area contributed by atoms with E-state index in [9.17, 15) is 13.2 Å². The Kier molecular flexibility index (Phi) is 8.81. The highest BCUT2D eigenvalue weighted by atomic mass is 32.2. The number of hydrogen-bond donors (Lipinski definition) is 2. The Balaban J connectivity index is 1.21. The molecular weight excluding hydrogens is 592 g/mol. The number of amides is 1. The molecular formula is C32H40N8O4S. The van der Waals surface area contributed by atoms with Crippen molar-refractivity contribution in [2.75, 3.05) is 74.1 Å². The van der Waals surface area contributed by atoms with Gasteiger partial charge in [0.25, 0.3) is 0 Å². The van der Waals surface area contributed by atoms with E-state index in [-0.39, 0.29) is 17.6 Å². The topological polar surface area (TPSA) is 124 Å². The fraction of sp³-hybridized carbons (Fsp3) is 0.406. The van der Waals surface area contributed by atoms with Gasteiger partial charge >= 0.3 is 0 Å². The lowest BCUT2D eigenvalue weighted by molar-refractivity contribution is -0.137. The van der Waals surface area contributed by atoms with Crippen molar-refractivity contribution in [3.8, 4) is 17.0 Å². The van der Waals surface area contributed by atoms with Crippen LogP contribution in [0.15, 0.2) is 60.8 Å². The number of anilines is 4. The number of para-hydroxylation sites is 1. The van der Waals surface area contributed by atoms with E-state index in [1.807, 2.05) is 47.4 Å². The number of benzene rings is 2. The van der Waals surface area contributed by atoms with Crippen molar-refractivity contribution in [3.63, 3.8) is 0 Å². The van der Waals surface area contributed by atoms with Gasteiger partial charge in [0, 0.05) is 56.6 Å². The van der Waals surface area contributed by atoms with Crippen LogP contribution in [-0.2, 0) is 14.8 Å². The van der Waals surface area contributed by atoms with Crippen molar-refractivity contribution >= 4 is 44.5 Å². The van der Waals surface area contributed by atoms with Crippen molar-refractivity contribution in [1.29, 1.82) is 0 Å². The number of piperazine rings is 1. The highest BCUT2D eigenvalue weighted by Gasteiger charge is 2.31. The number of carbonyl (C=O) groups excluding carboxylic acids is 1. The van der Waals surface area contributed by atoms with E-state index in [4.69, 9.17) is 9.84 Å². The largest absolute Gasteiger partial charge is 0.494 e. The minimum Gasteiger partial charge on any atom is -0.494 e. The molecule has 1 atom stereocenters. The third-order valence-corrected chi connectivity index (χ3v) is 9.92. The van der Waals surface area contributed by atoms with Crippen LogP contribution in [0.25, 0.3) is 16.8 Å². The van der Waals surface area contributed by atoms with Crippen LogP contribution in [0.4, 0.5) is 23.0 Å². The molecule has 1 unspecified atom stereocenters. The predicted molar refractivity (Wildman–Crippen MR) is 177 cm³/mol. The Labute approximate surface area is 264 Å². The minimum atomic E-state index is -3.46. The van der Waals surface area contributed by atoms with Crippen molar-refractivity contribution in [2.45, 2.75) is 19.8 Å². The average molecular weight is 633 g/mol. The molecule has 2 N–H and O–H groups in total. The molecule has 2 aliphatic rings. The Bertz CT molecular complexity index is 1780. The summed E-state index contributed by atoms with van der Waals surface area (Å²) in [7, 11) is 0.261. The summed E-state index contributed by atoms with van der Waals surface area (Å²) in [4.78, 5) is 24.4. The van der Waals surface area contributed by atoms with E-state index in [0.717, 1.165) is 62.5 Å². The highest BCUT2D eigenvalue weighted by Crippen LogP contribution is 2.34. The Hall–Kier alpha value is -4.36. The molecule has 2 fully saturated rings. The molecule has 2 aromatic heterocycles.